The van der Waals surface area contributed by atoms with Gasteiger partial charge in [-0.05, 0) is 128 Å². The highest BCUT2D eigenvalue weighted by atomic mass is 31.2. The van der Waals surface area contributed by atoms with E-state index in [4.69, 9.17) is 18.5 Å². The highest BCUT2D eigenvalue weighted by molar-refractivity contribution is 7.45. The molecule has 0 aromatic carbocycles. The first-order valence-electron chi connectivity index (χ1n) is 32.8. The monoisotopic (exact) mass is 1180 g/mol. The first kappa shape index (κ1) is 79.4. The average molecular weight is 1180 g/mol. The number of likely N-dealkylation sites (N-methyl/N-ethyl adjacent to an activating group) is 1. The normalized spacial score (nSPS) is 14.3. The number of carbonyl (C=O) groups is 2. The number of phosphoric acid groups is 1. The summed E-state index contributed by atoms with van der Waals surface area (Å²) in [5, 5.41) is 0. The van der Waals surface area contributed by atoms with Crippen molar-refractivity contribution >= 4 is 19.8 Å². The topological polar surface area (TPSA) is 111 Å². The van der Waals surface area contributed by atoms with Crippen LogP contribution in [0.3, 0.4) is 0 Å². The molecule has 2 atom stereocenters. The lowest BCUT2D eigenvalue weighted by Crippen LogP contribution is -2.37. The number of unbranched alkanes of at least 4 members (excludes halogenated alkanes) is 16. The Labute approximate surface area is 515 Å². The minimum Gasteiger partial charge on any atom is -0.756 e. The molecule has 474 valence electrons. The van der Waals surface area contributed by atoms with Gasteiger partial charge >= 0.3 is 11.9 Å². The fraction of sp³-hybridized carbons (Fsp3) is 0.595. The summed E-state index contributed by atoms with van der Waals surface area (Å²) in [6.45, 7) is 3.96. The number of quaternary nitrogens is 1. The quantitative estimate of drug-likeness (QED) is 0.0195. The number of hydrogen-bond donors (Lipinski definition) is 0. The molecular weight excluding hydrogens is 1060 g/mol. The van der Waals surface area contributed by atoms with E-state index in [1.165, 1.54) is 57.8 Å². The van der Waals surface area contributed by atoms with Gasteiger partial charge in [0.1, 0.15) is 19.8 Å². The number of ether oxygens (including phenoxy) is 2. The Morgan fingerprint density at radius 3 is 0.952 bits per heavy atom. The zero-order valence-electron chi connectivity index (χ0n) is 53.8. The summed E-state index contributed by atoms with van der Waals surface area (Å²) < 4.78 is 34.2. The summed E-state index contributed by atoms with van der Waals surface area (Å²) in [4.78, 5) is 38.0. The Hall–Kier alpha value is -4.63. The molecule has 0 aromatic rings. The van der Waals surface area contributed by atoms with Crippen molar-refractivity contribution in [1.82, 2.24) is 0 Å². The predicted octanol–water partition coefficient (Wildman–Crippen LogP) is 20.7. The van der Waals surface area contributed by atoms with Gasteiger partial charge < -0.3 is 27.9 Å². The average Bonchev–Trinajstić information content (AvgIpc) is 3.61. The summed E-state index contributed by atoms with van der Waals surface area (Å²) >= 11 is 0. The van der Waals surface area contributed by atoms with Gasteiger partial charge in [-0.1, -0.05) is 261 Å². The third-order valence-electron chi connectivity index (χ3n) is 13.2. The van der Waals surface area contributed by atoms with Crippen LogP contribution in [0.25, 0.3) is 0 Å². The molecule has 0 aliphatic heterocycles. The number of phosphoric ester groups is 1. The Balaban J connectivity index is 4.22. The van der Waals surface area contributed by atoms with Crippen LogP contribution in [0.1, 0.15) is 232 Å². The molecule has 0 saturated heterocycles. The van der Waals surface area contributed by atoms with Crippen molar-refractivity contribution < 1.29 is 42.1 Å². The van der Waals surface area contributed by atoms with E-state index in [2.05, 4.69) is 184 Å². The smallest absolute Gasteiger partial charge is 0.306 e. The fourth-order valence-corrected chi connectivity index (χ4v) is 8.99. The van der Waals surface area contributed by atoms with Gasteiger partial charge in [-0.3, -0.25) is 14.2 Å². The molecule has 10 heteroatoms. The van der Waals surface area contributed by atoms with Crippen molar-refractivity contribution in [2.45, 2.75) is 238 Å². The molecule has 0 aliphatic carbocycles. The molecule has 9 nitrogen and oxygen atoms in total. The van der Waals surface area contributed by atoms with Crippen LogP contribution in [-0.4, -0.2) is 70.0 Å². The van der Waals surface area contributed by atoms with Gasteiger partial charge in [-0.25, -0.2) is 0 Å². The zero-order chi connectivity index (χ0) is 61.2. The van der Waals surface area contributed by atoms with Crippen LogP contribution in [0.2, 0.25) is 0 Å². The van der Waals surface area contributed by atoms with E-state index in [0.717, 1.165) is 135 Å². The number of nitrogens with zero attached hydrogens (tertiary/aromatic N) is 1. The van der Waals surface area contributed by atoms with E-state index in [1.54, 1.807) is 0 Å². The summed E-state index contributed by atoms with van der Waals surface area (Å²) in [6.07, 6.45) is 95.5. The highest BCUT2D eigenvalue weighted by Gasteiger charge is 2.22. The van der Waals surface area contributed by atoms with Crippen molar-refractivity contribution in [3.8, 4) is 0 Å². The van der Waals surface area contributed by atoms with E-state index in [1.807, 2.05) is 21.1 Å². The molecule has 0 saturated carbocycles. The first-order chi connectivity index (χ1) is 41.0. The van der Waals surface area contributed by atoms with E-state index in [-0.39, 0.29) is 26.1 Å². The van der Waals surface area contributed by atoms with E-state index in [9.17, 15) is 19.0 Å². The summed E-state index contributed by atoms with van der Waals surface area (Å²) in [5.74, 6) is -0.876. The number of hydrogen-bond acceptors (Lipinski definition) is 8. The molecule has 0 spiro atoms. The minimum atomic E-state index is -4.66. The standard InChI is InChI=1S/C74H120NO8P/c1-6-8-10-12-14-16-18-20-22-24-26-28-30-32-33-34-35-36-37-38-39-40-41-43-45-47-49-51-53-55-57-59-61-63-65-67-74(77)83-72(71-82-84(78,79)81-69-68-75(3,4)5)70-80-73(76)66-64-62-60-58-56-54-52-50-48-46-44-42-31-29-27-25-23-21-19-17-15-13-11-9-7-2/h8-11,14-17,20-23,26-29,32-33,35-36,38-39,41,43,47,49,53,55,72H,6-7,12-13,18-19,24-25,30-31,34,37,40,42,44-46,48,50-52,54,56-71H2,1-5H3/b10-8-,11-9-,16-14-,17-15-,22-20-,23-21-,28-26-,29-27-,33-32-,36-35-,39-38-,43-41-,49-47-,55-53-. The van der Waals surface area contributed by atoms with Crippen LogP contribution >= 0.6 is 7.82 Å². The zero-order valence-corrected chi connectivity index (χ0v) is 54.7. The molecular formula is C74H120NO8P. The number of carbonyl (C=O) groups excluding carboxylic acids is 2. The van der Waals surface area contributed by atoms with E-state index < -0.39 is 32.5 Å². The van der Waals surface area contributed by atoms with Crippen LogP contribution in [0.15, 0.2) is 170 Å². The molecule has 0 amide bonds. The van der Waals surface area contributed by atoms with Gasteiger partial charge in [0, 0.05) is 12.8 Å². The molecule has 0 fully saturated rings. The molecule has 0 heterocycles. The first-order valence-corrected chi connectivity index (χ1v) is 34.3. The molecule has 0 N–H and O–H groups in total. The third kappa shape index (κ3) is 66.5. The fourth-order valence-electron chi connectivity index (χ4n) is 8.26. The molecule has 0 bridgehead atoms. The Bertz CT molecular complexity index is 2020. The summed E-state index contributed by atoms with van der Waals surface area (Å²) in [6, 6.07) is 0. The van der Waals surface area contributed by atoms with Gasteiger partial charge in [-0.15, -0.1) is 0 Å². The molecule has 84 heavy (non-hydrogen) atoms. The second-order valence-electron chi connectivity index (χ2n) is 22.4. The third-order valence-corrected chi connectivity index (χ3v) is 14.2. The number of esters is 2. The molecule has 0 radical (unpaired) electrons. The maximum atomic E-state index is 12.8. The summed E-state index contributed by atoms with van der Waals surface area (Å²) in [5.41, 5.74) is 0. The Kier molecular flexibility index (Phi) is 59.4. The highest BCUT2D eigenvalue weighted by Crippen LogP contribution is 2.38. The van der Waals surface area contributed by atoms with Gasteiger partial charge in [0.25, 0.3) is 7.82 Å². The predicted molar refractivity (Wildman–Crippen MR) is 360 cm³/mol. The largest absolute Gasteiger partial charge is 0.756 e. The van der Waals surface area contributed by atoms with Crippen LogP contribution in [0, 0.1) is 0 Å². The molecule has 2 unspecified atom stereocenters. The Morgan fingerprint density at radius 1 is 0.369 bits per heavy atom. The SMILES string of the molecule is CC/C=C\C/C=C\C/C=C\C/C=C\C/C=C\C/C=C\C/C=C\C/C=C\C/C=C\C/C=C\CCCCCCC(=O)OC(COC(=O)CCCCCCCCCCCCCC/C=C\C/C=C\C/C=C\C/C=C\CC)COP(=O)([O-])OCC[N+](C)(C)C. The van der Waals surface area contributed by atoms with Gasteiger partial charge in [-0.2, -0.15) is 0 Å². The summed E-state index contributed by atoms with van der Waals surface area (Å²) in [7, 11) is 1.12. The van der Waals surface area contributed by atoms with Crippen LogP contribution in [0.5, 0.6) is 0 Å². The van der Waals surface area contributed by atoms with Gasteiger partial charge in [0.05, 0.1) is 27.7 Å². The maximum Gasteiger partial charge on any atom is 0.306 e. The number of allylic oxidation sites excluding steroid dienone is 28. The molecule has 0 aliphatic rings. The molecule has 0 aromatic heterocycles. The second-order valence-corrected chi connectivity index (χ2v) is 23.8. The lowest BCUT2D eigenvalue weighted by molar-refractivity contribution is -0.870. The maximum absolute atomic E-state index is 12.8. The van der Waals surface area contributed by atoms with Crippen LogP contribution < -0.4 is 4.89 Å². The van der Waals surface area contributed by atoms with E-state index >= 15 is 0 Å². The lowest BCUT2D eigenvalue weighted by atomic mass is 10.0. The Morgan fingerprint density at radius 2 is 0.643 bits per heavy atom. The molecule has 0 rings (SSSR count). The minimum absolute atomic E-state index is 0.0459. The van der Waals surface area contributed by atoms with Crippen molar-refractivity contribution in [3.05, 3.63) is 170 Å². The van der Waals surface area contributed by atoms with Crippen molar-refractivity contribution in [2.75, 3.05) is 47.5 Å². The van der Waals surface area contributed by atoms with Gasteiger partial charge in [0.15, 0.2) is 6.10 Å². The van der Waals surface area contributed by atoms with Crippen molar-refractivity contribution in [3.63, 3.8) is 0 Å². The van der Waals surface area contributed by atoms with Crippen molar-refractivity contribution in [1.29, 1.82) is 0 Å². The van der Waals surface area contributed by atoms with E-state index in [0.29, 0.717) is 23.9 Å². The van der Waals surface area contributed by atoms with Crippen LogP contribution in [-0.2, 0) is 32.7 Å². The van der Waals surface area contributed by atoms with Crippen LogP contribution in [0.4, 0.5) is 0 Å². The lowest BCUT2D eigenvalue weighted by Gasteiger charge is -2.28. The van der Waals surface area contributed by atoms with Crippen molar-refractivity contribution in [2.24, 2.45) is 0 Å². The number of rotatable bonds is 58. The second kappa shape index (κ2) is 62.9. The van der Waals surface area contributed by atoms with Gasteiger partial charge in [0.2, 0.25) is 0 Å².